The lowest BCUT2D eigenvalue weighted by Crippen LogP contribution is -2.35. The number of benzene rings is 1. The summed E-state index contributed by atoms with van der Waals surface area (Å²) in [5, 5.41) is 5.60. The second-order valence-electron chi connectivity index (χ2n) is 4.37. The van der Waals surface area contributed by atoms with Crippen LogP contribution in [0.1, 0.15) is 25.8 Å². The Labute approximate surface area is 109 Å². The molecule has 0 aliphatic rings. The smallest absolute Gasteiger partial charge is 0.315 e. The number of amides is 2. The summed E-state index contributed by atoms with van der Waals surface area (Å²) in [6, 6.07) is 9.70. The third-order valence-corrected chi connectivity index (χ3v) is 2.35. The van der Waals surface area contributed by atoms with Crippen molar-refractivity contribution in [2.45, 2.75) is 32.9 Å². The van der Waals surface area contributed by atoms with Crippen LogP contribution >= 0.6 is 0 Å². The molecule has 0 fully saturated rings. The Kier molecular flexibility index (Phi) is 6.87. The molecule has 0 aliphatic heterocycles. The number of rotatable bonds is 7. The summed E-state index contributed by atoms with van der Waals surface area (Å²) in [7, 11) is 0. The number of urea groups is 1. The van der Waals surface area contributed by atoms with E-state index in [1.807, 2.05) is 44.2 Å². The Morgan fingerprint density at radius 1 is 1.22 bits per heavy atom. The molecule has 0 aliphatic carbocycles. The summed E-state index contributed by atoms with van der Waals surface area (Å²) >= 11 is 0. The molecule has 1 rings (SSSR count). The minimum Gasteiger partial charge on any atom is -0.379 e. The van der Waals surface area contributed by atoms with Crippen molar-refractivity contribution in [3.63, 3.8) is 0 Å². The molecule has 4 heteroatoms. The van der Waals surface area contributed by atoms with Crippen molar-refractivity contribution in [2.75, 3.05) is 13.2 Å². The van der Waals surface area contributed by atoms with Gasteiger partial charge in [-0.15, -0.1) is 0 Å². The number of hydrogen-bond acceptors (Lipinski definition) is 2. The molecule has 0 radical (unpaired) electrons. The van der Waals surface area contributed by atoms with Crippen LogP contribution in [0.5, 0.6) is 0 Å². The molecule has 4 nitrogen and oxygen atoms in total. The average Bonchev–Trinajstić information content (AvgIpc) is 2.37. The number of hydrogen-bond donors (Lipinski definition) is 2. The standard InChI is InChI=1S/C14H22N2O2/c1-12(2)18-10-6-9-15-14(17)16-11-13-7-4-3-5-8-13/h3-5,7-8,12H,6,9-11H2,1-2H3,(H2,15,16,17). The van der Waals surface area contributed by atoms with Crippen molar-refractivity contribution >= 4 is 6.03 Å². The van der Waals surface area contributed by atoms with Crippen LogP contribution in [-0.2, 0) is 11.3 Å². The summed E-state index contributed by atoms with van der Waals surface area (Å²) in [6.07, 6.45) is 1.08. The number of carbonyl (C=O) groups excluding carboxylic acids is 1. The largest absolute Gasteiger partial charge is 0.379 e. The molecular formula is C14H22N2O2. The van der Waals surface area contributed by atoms with E-state index in [9.17, 15) is 4.79 Å². The lowest BCUT2D eigenvalue weighted by molar-refractivity contribution is 0.0774. The lowest BCUT2D eigenvalue weighted by Gasteiger charge is -2.09. The van der Waals surface area contributed by atoms with Crippen LogP contribution in [0, 0.1) is 0 Å². The van der Waals surface area contributed by atoms with Gasteiger partial charge < -0.3 is 15.4 Å². The third-order valence-electron chi connectivity index (χ3n) is 2.35. The monoisotopic (exact) mass is 250 g/mol. The minimum absolute atomic E-state index is 0.136. The Balaban J connectivity index is 2.04. The Bertz CT molecular complexity index is 339. The van der Waals surface area contributed by atoms with E-state index in [1.54, 1.807) is 0 Å². The Hall–Kier alpha value is -1.55. The van der Waals surface area contributed by atoms with Crippen LogP contribution in [0.15, 0.2) is 30.3 Å². The van der Waals surface area contributed by atoms with Gasteiger partial charge in [0.2, 0.25) is 0 Å². The molecule has 0 spiro atoms. The van der Waals surface area contributed by atoms with Gasteiger partial charge in [0.15, 0.2) is 0 Å². The molecule has 0 unspecified atom stereocenters. The maximum atomic E-state index is 11.5. The predicted octanol–water partition coefficient (Wildman–Crippen LogP) is 2.30. The van der Waals surface area contributed by atoms with Gasteiger partial charge >= 0.3 is 6.03 Å². The first kappa shape index (κ1) is 14.5. The van der Waals surface area contributed by atoms with Crippen molar-refractivity contribution in [1.82, 2.24) is 10.6 Å². The summed E-state index contributed by atoms with van der Waals surface area (Å²) < 4.78 is 5.38. The second-order valence-corrected chi connectivity index (χ2v) is 4.37. The molecule has 0 aromatic heterocycles. The van der Waals surface area contributed by atoms with Crippen molar-refractivity contribution < 1.29 is 9.53 Å². The highest BCUT2D eigenvalue weighted by atomic mass is 16.5. The molecule has 0 saturated carbocycles. The summed E-state index contributed by atoms with van der Waals surface area (Å²) in [4.78, 5) is 11.5. The maximum Gasteiger partial charge on any atom is 0.315 e. The van der Waals surface area contributed by atoms with E-state index in [0.29, 0.717) is 19.7 Å². The van der Waals surface area contributed by atoms with E-state index in [1.165, 1.54) is 0 Å². The van der Waals surface area contributed by atoms with Crippen molar-refractivity contribution in [3.8, 4) is 0 Å². The fourth-order valence-electron chi connectivity index (χ4n) is 1.43. The van der Waals surface area contributed by atoms with Crippen LogP contribution in [0.25, 0.3) is 0 Å². The van der Waals surface area contributed by atoms with Crippen molar-refractivity contribution in [2.24, 2.45) is 0 Å². The molecule has 1 aromatic rings. The molecule has 2 amide bonds. The fourth-order valence-corrected chi connectivity index (χ4v) is 1.43. The molecule has 100 valence electrons. The molecule has 0 saturated heterocycles. The fraction of sp³-hybridized carbons (Fsp3) is 0.500. The maximum absolute atomic E-state index is 11.5. The molecule has 2 N–H and O–H groups in total. The topological polar surface area (TPSA) is 50.4 Å². The van der Waals surface area contributed by atoms with Gasteiger partial charge in [0.05, 0.1) is 6.10 Å². The zero-order chi connectivity index (χ0) is 13.2. The zero-order valence-corrected chi connectivity index (χ0v) is 11.1. The molecular weight excluding hydrogens is 228 g/mol. The van der Waals surface area contributed by atoms with E-state index in [2.05, 4.69) is 10.6 Å². The summed E-state index contributed by atoms with van der Waals surface area (Å²) in [6.45, 7) is 5.86. The van der Waals surface area contributed by atoms with Gasteiger partial charge in [-0.25, -0.2) is 4.79 Å². The highest BCUT2D eigenvalue weighted by Crippen LogP contribution is 1.96. The van der Waals surface area contributed by atoms with E-state index in [4.69, 9.17) is 4.74 Å². The zero-order valence-electron chi connectivity index (χ0n) is 11.1. The SMILES string of the molecule is CC(C)OCCCNC(=O)NCc1ccccc1. The average molecular weight is 250 g/mol. The number of carbonyl (C=O) groups is 1. The molecule has 1 aromatic carbocycles. The Morgan fingerprint density at radius 3 is 2.61 bits per heavy atom. The van der Waals surface area contributed by atoms with Crippen LogP contribution in [0.3, 0.4) is 0 Å². The van der Waals surface area contributed by atoms with Crippen LogP contribution in [-0.4, -0.2) is 25.3 Å². The van der Waals surface area contributed by atoms with Gasteiger partial charge in [0, 0.05) is 19.7 Å². The first-order valence-electron chi connectivity index (χ1n) is 6.35. The van der Waals surface area contributed by atoms with Gasteiger partial charge in [-0.3, -0.25) is 0 Å². The van der Waals surface area contributed by atoms with E-state index in [0.717, 1.165) is 12.0 Å². The first-order valence-corrected chi connectivity index (χ1v) is 6.35. The predicted molar refractivity (Wildman–Crippen MR) is 72.4 cm³/mol. The van der Waals surface area contributed by atoms with Gasteiger partial charge in [-0.05, 0) is 25.8 Å². The van der Waals surface area contributed by atoms with Gasteiger partial charge in [0.25, 0.3) is 0 Å². The van der Waals surface area contributed by atoms with Crippen LogP contribution < -0.4 is 10.6 Å². The van der Waals surface area contributed by atoms with E-state index < -0.39 is 0 Å². The highest BCUT2D eigenvalue weighted by Gasteiger charge is 1.99. The summed E-state index contributed by atoms with van der Waals surface area (Å²) in [5.74, 6) is 0. The number of nitrogens with one attached hydrogen (secondary N) is 2. The van der Waals surface area contributed by atoms with Gasteiger partial charge in [-0.1, -0.05) is 30.3 Å². The van der Waals surface area contributed by atoms with Crippen molar-refractivity contribution in [1.29, 1.82) is 0 Å². The number of ether oxygens (including phenoxy) is 1. The molecule has 0 bridgehead atoms. The second kappa shape index (κ2) is 8.53. The van der Waals surface area contributed by atoms with Crippen LogP contribution in [0.2, 0.25) is 0 Å². The Morgan fingerprint density at radius 2 is 1.94 bits per heavy atom. The molecule has 0 heterocycles. The molecule has 0 atom stereocenters. The third kappa shape index (κ3) is 6.91. The van der Waals surface area contributed by atoms with Crippen molar-refractivity contribution in [3.05, 3.63) is 35.9 Å². The first-order chi connectivity index (χ1) is 8.68. The van der Waals surface area contributed by atoms with Gasteiger partial charge in [0.1, 0.15) is 0 Å². The van der Waals surface area contributed by atoms with E-state index in [-0.39, 0.29) is 12.1 Å². The highest BCUT2D eigenvalue weighted by molar-refractivity contribution is 5.73. The molecule has 18 heavy (non-hydrogen) atoms. The van der Waals surface area contributed by atoms with Gasteiger partial charge in [-0.2, -0.15) is 0 Å². The summed E-state index contributed by atoms with van der Waals surface area (Å²) in [5.41, 5.74) is 1.09. The normalized spacial score (nSPS) is 10.4. The quantitative estimate of drug-likeness (QED) is 0.730. The van der Waals surface area contributed by atoms with Crippen LogP contribution in [0.4, 0.5) is 4.79 Å². The van der Waals surface area contributed by atoms with E-state index >= 15 is 0 Å². The minimum atomic E-state index is -0.136. The lowest BCUT2D eigenvalue weighted by atomic mass is 10.2.